The van der Waals surface area contributed by atoms with Gasteiger partial charge in [-0.3, -0.25) is 0 Å². The SMILES string of the molecule is c1ccc(N2c3ccccc3B3c4c2cccc4-n2c4ccc5c6ccccc6sc5c4c4cccc3c42)cc1. The average Bonchev–Trinajstić information content (AvgIpc) is 3.56. The summed E-state index contributed by atoms with van der Waals surface area (Å²) in [4.78, 5) is 2.45. The third-order valence-electron chi connectivity index (χ3n) is 8.97. The molecule has 0 saturated carbocycles. The first-order chi connectivity index (χ1) is 19.9. The van der Waals surface area contributed by atoms with E-state index in [1.54, 1.807) is 0 Å². The smallest absolute Gasteiger partial charge is 0.252 e. The predicted octanol–water partition coefficient (Wildman–Crippen LogP) is 7.76. The maximum absolute atomic E-state index is 2.55. The van der Waals surface area contributed by atoms with Gasteiger partial charge in [-0.1, -0.05) is 84.9 Å². The van der Waals surface area contributed by atoms with Crippen LogP contribution in [0.25, 0.3) is 47.7 Å². The van der Waals surface area contributed by atoms with E-state index >= 15 is 0 Å². The van der Waals surface area contributed by atoms with E-state index in [9.17, 15) is 0 Å². The fraction of sp³-hybridized carbons (Fsp3) is 0. The van der Waals surface area contributed by atoms with Crippen LogP contribution in [0.3, 0.4) is 0 Å². The van der Waals surface area contributed by atoms with Crippen molar-refractivity contribution < 1.29 is 0 Å². The number of aromatic nitrogens is 1. The summed E-state index contributed by atoms with van der Waals surface area (Å²) in [5, 5.41) is 5.43. The van der Waals surface area contributed by atoms with Gasteiger partial charge in [0, 0.05) is 59.2 Å². The first-order valence-electron chi connectivity index (χ1n) is 13.8. The molecule has 0 unspecified atom stereocenters. The maximum Gasteiger partial charge on any atom is 0.252 e. The van der Waals surface area contributed by atoms with Crippen LogP contribution in [0.5, 0.6) is 0 Å². The number of benzene rings is 6. The summed E-state index contributed by atoms with van der Waals surface area (Å²) in [5.41, 5.74) is 11.8. The highest BCUT2D eigenvalue weighted by Gasteiger charge is 2.41. The summed E-state index contributed by atoms with van der Waals surface area (Å²) in [5.74, 6) is 0. The van der Waals surface area contributed by atoms with Crippen LogP contribution in [0.1, 0.15) is 0 Å². The van der Waals surface area contributed by atoms with E-state index in [0.717, 1.165) is 0 Å². The van der Waals surface area contributed by atoms with Crippen LogP contribution in [0.4, 0.5) is 17.1 Å². The van der Waals surface area contributed by atoms with E-state index in [-0.39, 0.29) is 6.71 Å². The van der Waals surface area contributed by atoms with Crippen LogP contribution in [-0.2, 0) is 0 Å². The van der Waals surface area contributed by atoms with E-state index in [1.807, 2.05) is 11.3 Å². The predicted molar refractivity (Wildman–Crippen MR) is 173 cm³/mol. The van der Waals surface area contributed by atoms with Gasteiger partial charge in [0.2, 0.25) is 0 Å². The molecular weight excluding hydrogens is 503 g/mol. The molecule has 8 aromatic rings. The third kappa shape index (κ3) is 2.46. The molecule has 184 valence electrons. The summed E-state index contributed by atoms with van der Waals surface area (Å²) >= 11 is 1.92. The molecule has 0 saturated heterocycles. The molecule has 0 atom stereocenters. The molecule has 4 heterocycles. The molecule has 2 aromatic heterocycles. The second kappa shape index (κ2) is 7.44. The lowest BCUT2D eigenvalue weighted by Crippen LogP contribution is -2.60. The molecule has 0 fully saturated rings. The summed E-state index contributed by atoms with van der Waals surface area (Å²) in [6.07, 6.45) is 0. The quantitative estimate of drug-likeness (QED) is 0.199. The Morgan fingerprint density at radius 3 is 2.20 bits per heavy atom. The molecule has 0 bridgehead atoms. The molecule has 2 nitrogen and oxygen atoms in total. The Kier molecular flexibility index (Phi) is 3.92. The normalized spacial score (nSPS) is 13.4. The molecule has 40 heavy (non-hydrogen) atoms. The van der Waals surface area contributed by atoms with Crippen LogP contribution in [0.2, 0.25) is 0 Å². The zero-order chi connectivity index (χ0) is 25.9. The number of hydrogen-bond donors (Lipinski definition) is 0. The van der Waals surface area contributed by atoms with Crippen LogP contribution in [0, 0.1) is 0 Å². The van der Waals surface area contributed by atoms with Gasteiger partial charge in [-0.05, 0) is 58.9 Å². The Morgan fingerprint density at radius 2 is 1.25 bits per heavy atom. The lowest BCUT2D eigenvalue weighted by molar-refractivity contribution is 1.18. The number of thiophene rings is 1. The summed E-state index contributed by atoms with van der Waals surface area (Å²) in [6, 6.07) is 47.1. The standard InChI is InChI=1S/C36H21BN2S/c1-2-10-22(11-3-1)38-28-16-6-5-14-26(28)37-27-15-8-13-25-33-29(39(35(25)27)31-18-9-17-30(38)34(31)37)21-20-24-23-12-4-7-19-32(23)40-36(24)33/h1-21H. The van der Waals surface area contributed by atoms with Gasteiger partial charge in [0.05, 0.1) is 5.52 Å². The zero-order valence-electron chi connectivity index (χ0n) is 21.5. The zero-order valence-corrected chi connectivity index (χ0v) is 22.3. The number of hydrogen-bond acceptors (Lipinski definition) is 2. The van der Waals surface area contributed by atoms with E-state index in [1.165, 1.54) is 81.1 Å². The van der Waals surface area contributed by atoms with Crippen molar-refractivity contribution >= 4 is 93.5 Å². The lowest BCUT2D eigenvalue weighted by Gasteiger charge is -2.40. The van der Waals surface area contributed by atoms with Crippen molar-refractivity contribution in [1.29, 1.82) is 0 Å². The maximum atomic E-state index is 2.55. The minimum atomic E-state index is 0.181. The Hall–Kier alpha value is -4.80. The van der Waals surface area contributed by atoms with Crippen LogP contribution in [-0.4, -0.2) is 11.3 Å². The molecule has 10 rings (SSSR count). The minimum Gasteiger partial charge on any atom is -0.311 e. The van der Waals surface area contributed by atoms with Gasteiger partial charge >= 0.3 is 0 Å². The molecule has 0 radical (unpaired) electrons. The molecule has 0 amide bonds. The van der Waals surface area contributed by atoms with Crippen molar-refractivity contribution in [2.24, 2.45) is 0 Å². The van der Waals surface area contributed by atoms with Crippen molar-refractivity contribution in [3.05, 3.63) is 127 Å². The molecule has 0 spiro atoms. The first-order valence-corrected chi connectivity index (χ1v) is 14.6. The van der Waals surface area contributed by atoms with Gasteiger partial charge in [0.25, 0.3) is 6.71 Å². The number of anilines is 3. The van der Waals surface area contributed by atoms with Crippen LogP contribution in [0.15, 0.2) is 127 Å². The molecular formula is C36H21BN2S. The summed E-state index contributed by atoms with van der Waals surface area (Å²) in [7, 11) is 0. The van der Waals surface area contributed by atoms with Crippen molar-refractivity contribution in [2.45, 2.75) is 0 Å². The molecule has 2 aliphatic rings. The number of rotatable bonds is 1. The third-order valence-corrected chi connectivity index (χ3v) is 10.2. The van der Waals surface area contributed by atoms with Crippen LogP contribution < -0.4 is 21.3 Å². The Bertz CT molecular complexity index is 2350. The van der Waals surface area contributed by atoms with Gasteiger partial charge in [-0.2, -0.15) is 0 Å². The number of fused-ring (bicyclic) bond motifs is 11. The second-order valence-electron chi connectivity index (χ2n) is 10.9. The van der Waals surface area contributed by atoms with E-state index in [2.05, 4.69) is 137 Å². The molecule has 6 aromatic carbocycles. The van der Waals surface area contributed by atoms with Gasteiger partial charge in [-0.25, -0.2) is 0 Å². The van der Waals surface area contributed by atoms with E-state index in [0.29, 0.717) is 0 Å². The largest absolute Gasteiger partial charge is 0.311 e. The highest BCUT2D eigenvalue weighted by molar-refractivity contribution is 7.26. The van der Waals surface area contributed by atoms with Crippen molar-refractivity contribution in [3.63, 3.8) is 0 Å². The molecule has 2 aliphatic heterocycles. The first kappa shape index (κ1) is 21.1. The van der Waals surface area contributed by atoms with E-state index in [4.69, 9.17) is 0 Å². The van der Waals surface area contributed by atoms with Gasteiger partial charge in [0.15, 0.2) is 0 Å². The van der Waals surface area contributed by atoms with Gasteiger partial charge < -0.3 is 9.47 Å². The van der Waals surface area contributed by atoms with Crippen molar-refractivity contribution in [3.8, 4) is 5.69 Å². The Morgan fingerprint density at radius 1 is 0.525 bits per heavy atom. The molecule has 0 aliphatic carbocycles. The second-order valence-corrected chi connectivity index (χ2v) is 11.9. The van der Waals surface area contributed by atoms with E-state index < -0.39 is 0 Å². The molecule has 4 heteroatoms. The van der Waals surface area contributed by atoms with Crippen molar-refractivity contribution in [2.75, 3.05) is 4.90 Å². The monoisotopic (exact) mass is 524 g/mol. The summed E-state index contributed by atoms with van der Waals surface area (Å²) in [6.45, 7) is 0.181. The fourth-order valence-electron chi connectivity index (χ4n) is 7.47. The highest BCUT2D eigenvalue weighted by atomic mass is 32.1. The number of para-hydroxylation sites is 3. The summed E-state index contributed by atoms with van der Waals surface area (Å²) < 4.78 is 5.29. The Labute approximate surface area is 235 Å². The molecule has 0 N–H and O–H groups in total. The van der Waals surface area contributed by atoms with Crippen LogP contribution >= 0.6 is 11.3 Å². The lowest BCUT2D eigenvalue weighted by atomic mass is 9.34. The average molecular weight is 524 g/mol. The van der Waals surface area contributed by atoms with Gasteiger partial charge in [-0.15, -0.1) is 11.3 Å². The van der Waals surface area contributed by atoms with Gasteiger partial charge in [0.1, 0.15) is 0 Å². The fourth-order valence-corrected chi connectivity index (χ4v) is 8.73. The van der Waals surface area contributed by atoms with Crippen molar-refractivity contribution in [1.82, 2.24) is 4.57 Å². The topological polar surface area (TPSA) is 8.17 Å². The Balaban J connectivity index is 1.40. The number of nitrogens with zero attached hydrogens (tertiary/aromatic N) is 2. The minimum absolute atomic E-state index is 0.181. The highest BCUT2D eigenvalue weighted by Crippen LogP contribution is 2.45.